The lowest BCUT2D eigenvalue weighted by molar-refractivity contribution is 0.0783. The van der Waals surface area contributed by atoms with E-state index < -0.39 is 0 Å². The Morgan fingerprint density at radius 2 is 2.67 bits per heavy atom. The van der Waals surface area contributed by atoms with E-state index in [1.807, 2.05) is 0 Å². The number of hydrogen-bond donors (Lipinski definition) is 1. The van der Waals surface area contributed by atoms with Crippen LogP contribution in [0.25, 0.3) is 0 Å². The number of rotatable bonds is 1. The molecule has 3 heteroatoms. The molecule has 0 saturated carbocycles. The highest BCUT2D eigenvalue weighted by molar-refractivity contribution is 4.81. The third-order valence-corrected chi connectivity index (χ3v) is 1.34. The fourth-order valence-electron chi connectivity index (χ4n) is 0.861. The van der Waals surface area contributed by atoms with Crippen LogP contribution in [0.2, 0.25) is 0 Å². The molecule has 1 aliphatic rings. The molecule has 0 amide bonds. The normalized spacial score (nSPS) is 27.2. The molecule has 1 N–H and O–H groups in total. The van der Waals surface area contributed by atoms with Gasteiger partial charge in [0.15, 0.2) is 0 Å². The van der Waals surface area contributed by atoms with Gasteiger partial charge in [-0.1, -0.05) is 0 Å². The molecule has 0 bridgehead atoms. The Kier molecular flexibility index (Phi) is 2.49. The summed E-state index contributed by atoms with van der Waals surface area (Å²) in [4.78, 5) is 0. The molecular formula is C6H10N2O. The number of hydrogen-bond acceptors (Lipinski definition) is 3. The van der Waals surface area contributed by atoms with Crippen LogP contribution in [0.4, 0.5) is 0 Å². The lowest BCUT2D eigenvalue weighted by Crippen LogP contribution is -2.40. The van der Waals surface area contributed by atoms with E-state index in [-0.39, 0.29) is 6.04 Å². The van der Waals surface area contributed by atoms with Crippen LogP contribution in [-0.2, 0) is 4.74 Å². The standard InChI is InChI=1S/C6H10N2O/c7-2-1-6-5-9-4-3-8-6/h6,8H,1,3-5H2. The third kappa shape index (κ3) is 2.00. The molecule has 1 atom stereocenters. The number of ether oxygens (including phenoxy) is 1. The van der Waals surface area contributed by atoms with Gasteiger partial charge in [0.05, 0.1) is 25.7 Å². The van der Waals surface area contributed by atoms with Crippen molar-refractivity contribution in [1.82, 2.24) is 5.32 Å². The summed E-state index contributed by atoms with van der Waals surface area (Å²) < 4.78 is 5.12. The number of nitrogens with zero attached hydrogens (tertiary/aromatic N) is 1. The largest absolute Gasteiger partial charge is 0.378 e. The summed E-state index contributed by atoms with van der Waals surface area (Å²) in [5.74, 6) is 0. The predicted molar refractivity (Wildman–Crippen MR) is 32.8 cm³/mol. The van der Waals surface area contributed by atoms with Crippen LogP contribution < -0.4 is 5.32 Å². The minimum Gasteiger partial charge on any atom is -0.378 e. The van der Waals surface area contributed by atoms with Crippen molar-refractivity contribution in [1.29, 1.82) is 5.26 Å². The first-order valence-corrected chi connectivity index (χ1v) is 3.11. The Hall–Kier alpha value is -0.590. The molecule has 9 heavy (non-hydrogen) atoms. The van der Waals surface area contributed by atoms with Crippen molar-refractivity contribution in [2.45, 2.75) is 12.5 Å². The lowest BCUT2D eigenvalue weighted by atomic mass is 10.2. The molecule has 1 aliphatic heterocycles. The van der Waals surface area contributed by atoms with E-state index in [0.717, 1.165) is 13.2 Å². The molecule has 0 aromatic heterocycles. The zero-order chi connectivity index (χ0) is 6.53. The maximum Gasteiger partial charge on any atom is 0.0639 e. The van der Waals surface area contributed by atoms with Crippen molar-refractivity contribution in [2.75, 3.05) is 19.8 Å². The quantitative estimate of drug-likeness (QED) is 0.533. The van der Waals surface area contributed by atoms with Gasteiger partial charge < -0.3 is 10.1 Å². The molecule has 1 fully saturated rings. The van der Waals surface area contributed by atoms with Crippen LogP contribution in [0.1, 0.15) is 6.42 Å². The van der Waals surface area contributed by atoms with Gasteiger partial charge in [-0.3, -0.25) is 0 Å². The van der Waals surface area contributed by atoms with Gasteiger partial charge in [-0.05, 0) is 0 Å². The predicted octanol–water partition coefficient (Wildman–Crippen LogP) is -0.112. The summed E-state index contributed by atoms with van der Waals surface area (Å²) in [6, 6.07) is 2.36. The molecule has 0 spiro atoms. The van der Waals surface area contributed by atoms with Gasteiger partial charge in [0.25, 0.3) is 0 Å². The summed E-state index contributed by atoms with van der Waals surface area (Å²) in [7, 11) is 0. The molecular weight excluding hydrogens is 116 g/mol. The maximum absolute atomic E-state index is 8.27. The summed E-state index contributed by atoms with van der Waals surface area (Å²) in [6.07, 6.45) is 0.556. The number of nitrogens with one attached hydrogen (secondary N) is 1. The fourth-order valence-corrected chi connectivity index (χ4v) is 0.861. The fraction of sp³-hybridized carbons (Fsp3) is 0.833. The van der Waals surface area contributed by atoms with E-state index in [1.54, 1.807) is 0 Å². The average molecular weight is 126 g/mol. The lowest BCUT2D eigenvalue weighted by Gasteiger charge is -2.20. The Labute approximate surface area is 54.6 Å². The highest BCUT2D eigenvalue weighted by Gasteiger charge is 2.10. The second-order valence-corrected chi connectivity index (χ2v) is 2.09. The van der Waals surface area contributed by atoms with Crippen molar-refractivity contribution < 1.29 is 4.74 Å². The number of nitriles is 1. The highest BCUT2D eigenvalue weighted by atomic mass is 16.5. The molecule has 1 saturated heterocycles. The van der Waals surface area contributed by atoms with Crippen LogP contribution in [0.3, 0.4) is 0 Å². The van der Waals surface area contributed by atoms with Gasteiger partial charge >= 0.3 is 0 Å². The summed E-state index contributed by atoms with van der Waals surface area (Å²) in [5, 5.41) is 11.4. The van der Waals surface area contributed by atoms with Gasteiger partial charge in [0.2, 0.25) is 0 Å². The van der Waals surface area contributed by atoms with E-state index in [9.17, 15) is 0 Å². The van der Waals surface area contributed by atoms with E-state index in [1.165, 1.54) is 0 Å². The van der Waals surface area contributed by atoms with Gasteiger partial charge in [0.1, 0.15) is 0 Å². The second-order valence-electron chi connectivity index (χ2n) is 2.09. The topological polar surface area (TPSA) is 45.0 Å². The van der Waals surface area contributed by atoms with Gasteiger partial charge in [-0.15, -0.1) is 0 Å². The van der Waals surface area contributed by atoms with Crippen LogP contribution >= 0.6 is 0 Å². The van der Waals surface area contributed by atoms with E-state index in [4.69, 9.17) is 10.00 Å². The van der Waals surface area contributed by atoms with Crippen molar-refractivity contribution in [3.05, 3.63) is 0 Å². The Morgan fingerprint density at radius 1 is 1.78 bits per heavy atom. The first kappa shape index (κ1) is 6.53. The van der Waals surface area contributed by atoms with Gasteiger partial charge in [-0.2, -0.15) is 5.26 Å². The van der Waals surface area contributed by atoms with Crippen LogP contribution in [0.5, 0.6) is 0 Å². The van der Waals surface area contributed by atoms with Crippen molar-refractivity contribution in [3.63, 3.8) is 0 Å². The zero-order valence-corrected chi connectivity index (χ0v) is 5.26. The van der Waals surface area contributed by atoms with E-state index in [2.05, 4.69) is 11.4 Å². The molecule has 0 aliphatic carbocycles. The average Bonchev–Trinajstić information content (AvgIpc) is 1.91. The molecule has 0 aromatic rings. The molecule has 1 heterocycles. The monoisotopic (exact) mass is 126 g/mol. The smallest absolute Gasteiger partial charge is 0.0639 e. The van der Waals surface area contributed by atoms with Gasteiger partial charge in [0, 0.05) is 12.6 Å². The van der Waals surface area contributed by atoms with Crippen LogP contribution in [0.15, 0.2) is 0 Å². The first-order valence-electron chi connectivity index (χ1n) is 3.11. The Bertz CT molecular complexity index is 113. The zero-order valence-electron chi connectivity index (χ0n) is 5.26. The molecule has 0 radical (unpaired) electrons. The van der Waals surface area contributed by atoms with Gasteiger partial charge in [-0.25, -0.2) is 0 Å². The van der Waals surface area contributed by atoms with E-state index >= 15 is 0 Å². The summed E-state index contributed by atoms with van der Waals surface area (Å²) in [5.41, 5.74) is 0. The second kappa shape index (κ2) is 3.44. The van der Waals surface area contributed by atoms with Crippen molar-refractivity contribution in [3.8, 4) is 6.07 Å². The molecule has 0 aromatic carbocycles. The molecule has 1 rings (SSSR count). The summed E-state index contributed by atoms with van der Waals surface area (Å²) in [6.45, 7) is 2.35. The van der Waals surface area contributed by atoms with E-state index in [0.29, 0.717) is 13.0 Å². The highest BCUT2D eigenvalue weighted by Crippen LogP contribution is 1.95. The van der Waals surface area contributed by atoms with Crippen LogP contribution in [0, 0.1) is 11.3 Å². The third-order valence-electron chi connectivity index (χ3n) is 1.34. The first-order chi connectivity index (χ1) is 4.43. The minimum atomic E-state index is 0.267. The van der Waals surface area contributed by atoms with Crippen LogP contribution in [-0.4, -0.2) is 25.8 Å². The van der Waals surface area contributed by atoms with Crippen molar-refractivity contribution >= 4 is 0 Å². The molecule has 50 valence electrons. The molecule has 3 nitrogen and oxygen atoms in total. The number of morpholine rings is 1. The Morgan fingerprint density at radius 3 is 3.22 bits per heavy atom. The molecule has 1 unspecified atom stereocenters. The SMILES string of the molecule is N#CCC1COCCN1. The van der Waals surface area contributed by atoms with Crippen molar-refractivity contribution in [2.24, 2.45) is 0 Å². The minimum absolute atomic E-state index is 0.267. The summed E-state index contributed by atoms with van der Waals surface area (Å²) >= 11 is 0. The maximum atomic E-state index is 8.27. The Balaban J connectivity index is 2.17.